The van der Waals surface area contributed by atoms with Gasteiger partial charge in [0.15, 0.2) is 0 Å². The molecule has 0 bridgehead atoms. The van der Waals surface area contributed by atoms with Gasteiger partial charge in [0.2, 0.25) is 0 Å². The van der Waals surface area contributed by atoms with Gasteiger partial charge in [-0.25, -0.2) is 8.78 Å². The van der Waals surface area contributed by atoms with Crippen molar-refractivity contribution in [3.8, 4) is 0 Å². The molecule has 0 amide bonds. The van der Waals surface area contributed by atoms with Crippen LogP contribution < -0.4 is 0 Å². The monoisotopic (exact) mass is 190 g/mol. The van der Waals surface area contributed by atoms with E-state index < -0.39 is 5.92 Å². The molecule has 2 unspecified atom stereocenters. The van der Waals surface area contributed by atoms with Gasteiger partial charge in [-0.15, -0.1) is 0 Å². The SMILES string of the molecule is FC1(F)CCCCC1CCC1CO1. The third-order valence-electron chi connectivity index (χ3n) is 3.15. The number of epoxide rings is 1. The third kappa shape index (κ3) is 2.39. The summed E-state index contributed by atoms with van der Waals surface area (Å²) >= 11 is 0. The van der Waals surface area contributed by atoms with E-state index in [9.17, 15) is 8.78 Å². The van der Waals surface area contributed by atoms with Gasteiger partial charge in [0.1, 0.15) is 0 Å². The van der Waals surface area contributed by atoms with Gasteiger partial charge in [0.25, 0.3) is 5.92 Å². The van der Waals surface area contributed by atoms with Crippen molar-refractivity contribution in [1.29, 1.82) is 0 Å². The summed E-state index contributed by atoms with van der Waals surface area (Å²) in [6, 6.07) is 0. The lowest BCUT2D eigenvalue weighted by molar-refractivity contribution is -0.0889. The highest BCUT2D eigenvalue weighted by molar-refractivity contribution is 4.83. The van der Waals surface area contributed by atoms with Crippen molar-refractivity contribution in [1.82, 2.24) is 0 Å². The number of hydrogen-bond acceptors (Lipinski definition) is 1. The van der Waals surface area contributed by atoms with Gasteiger partial charge in [-0.2, -0.15) is 0 Å². The molecule has 0 N–H and O–H groups in total. The second-order valence-electron chi connectivity index (χ2n) is 4.24. The minimum atomic E-state index is -2.40. The molecule has 13 heavy (non-hydrogen) atoms. The summed E-state index contributed by atoms with van der Waals surface area (Å²) in [5.74, 6) is -2.77. The first-order chi connectivity index (χ1) is 6.18. The molecule has 0 aromatic carbocycles. The van der Waals surface area contributed by atoms with Gasteiger partial charge in [-0.3, -0.25) is 0 Å². The van der Waals surface area contributed by atoms with Gasteiger partial charge in [0.05, 0.1) is 12.7 Å². The molecule has 0 radical (unpaired) electrons. The minimum Gasteiger partial charge on any atom is -0.373 e. The van der Waals surface area contributed by atoms with E-state index in [2.05, 4.69) is 0 Å². The van der Waals surface area contributed by atoms with Crippen LogP contribution in [0.3, 0.4) is 0 Å². The van der Waals surface area contributed by atoms with Crippen LogP contribution in [0.15, 0.2) is 0 Å². The van der Waals surface area contributed by atoms with Crippen LogP contribution in [-0.2, 0) is 4.74 Å². The summed E-state index contributed by atoms with van der Waals surface area (Å²) in [6.45, 7) is 0.790. The Morgan fingerprint density at radius 3 is 2.62 bits per heavy atom. The first-order valence-corrected chi connectivity index (χ1v) is 5.18. The van der Waals surface area contributed by atoms with E-state index in [1.54, 1.807) is 0 Å². The highest BCUT2D eigenvalue weighted by Crippen LogP contribution is 2.41. The normalized spacial score (nSPS) is 37.4. The Morgan fingerprint density at radius 1 is 1.23 bits per heavy atom. The fourth-order valence-corrected chi connectivity index (χ4v) is 2.14. The van der Waals surface area contributed by atoms with Crippen molar-refractivity contribution >= 4 is 0 Å². The van der Waals surface area contributed by atoms with Crippen LogP contribution in [0.4, 0.5) is 8.78 Å². The van der Waals surface area contributed by atoms with Crippen LogP contribution >= 0.6 is 0 Å². The van der Waals surface area contributed by atoms with Gasteiger partial charge < -0.3 is 4.74 Å². The Labute approximate surface area is 77.5 Å². The van der Waals surface area contributed by atoms with Gasteiger partial charge in [0, 0.05) is 12.3 Å². The summed E-state index contributed by atoms with van der Waals surface area (Å²) < 4.78 is 31.6. The van der Waals surface area contributed by atoms with Crippen LogP contribution in [0, 0.1) is 5.92 Å². The molecule has 0 aromatic heterocycles. The quantitative estimate of drug-likeness (QED) is 0.623. The Morgan fingerprint density at radius 2 is 2.00 bits per heavy atom. The Kier molecular flexibility index (Phi) is 2.54. The van der Waals surface area contributed by atoms with Gasteiger partial charge >= 0.3 is 0 Å². The largest absolute Gasteiger partial charge is 0.373 e. The van der Waals surface area contributed by atoms with E-state index in [-0.39, 0.29) is 12.3 Å². The summed E-state index contributed by atoms with van der Waals surface area (Å²) in [7, 11) is 0. The van der Waals surface area contributed by atoms with E-state index in [0.29, 0.717) is 25.4 Å². The number of ether oxygens (including phenoxy) is 1. The van der Waals surface area contributed by atoms with Crippen LogP contribution in [0.5, 0.6) is 0 Å². The van der Waals surface area contributed by atoms with E-state index in [1.807, 2.05) is 0 Å². The Hall–Kier alpha value is -0.180. The smallest absolute Gasteiger partial charge is 0.250 e. The summed E-state index contributed by atoms with van der Waals surface area (Å²) in [5.41, 5.74) is 0. The molecule has 0 aromatic rings. The van der Waals surface area contributed by atoms with Crippen LogP contribution in [0.1, 0.15) is 38.5 Å². The van der Waals surface area contributed by atoms with E-state index in [1.165, 1.54) is 0 Å². The molecular formula is C10H16F2O. The third-order valence-corrected chi connectivity index (χ3v) is 3.15. The molecule has 2 rings (SSSR count). The highest BCUT2D eigenvalue weighted by Gasteiger charge is 2.41. The zero-order chi connectivity index (χ0) is 9.31. The lowest BCUT2D eigenvalue weighted by atomic mass is 9.82. The molecule has 3 heteroatoms. The average Bonchev–Trinajstić information content (AvgIpc) is 2.85. The summed E-state index contributed by atoms with van der Waals surface area (Å²) in [6.07, 6.45) is 4.27. The number of halogens is 2. The molecule has 2 atom stereocenters. The second kappa shape index (κ2) is 3.52. The van der Waals surface area contributed by atoms with Gasteiger partial charge in [-0.05, 0) is 25.7 Å². The Bertz CT molecular complexity index is 178. The molecule has 1 saturated carbocycles. The summed E-state index contributed by atoms with van der Waals surface area (Å²) in [4.78, 5) is 0. The lowest BCUT2D eigenvalue weighted by Gasteiger charge is -2.31. The molecule has 1 nitrogen and oxygen atoms in total. The molecular weight excluding hydrogens is 174 g/mol. The van der Waals surface area contributed by atoms with Crippen LogP contribution in [0.2, 0.25) is 0 Å². The lowest BCUT2D eigenvalue weighted by Crippen LogP contribution is -2.31. The predicted molar refractivity (Wildman–Crippen MR) is 45.9 cm³/mol. The van der Waals surface area contributed by atoms with Crippen molar-refractivity contribution in [2.75, 3.05) is 6.61 Å². The van der Waals surface area contributed by atoms with Crippen molar-refractivity contribution in [2.45, 2.75) is 50.6 Å². The predicted octanol–water partition coefficient (Wildman–Crippen LogP) is 2.99. The number of alkyl halides is 2. The van der Waals surface area contributed by atoms with Crippen molar-refractivity contribution in [3.05, 3.63) is 0 Å². The summed E-state index contributed by atoms with van der Waals surface area (Å²) in [5, 5.41) is 0. The fourth-order valence-electron chi connectivity index (χ4n) is 2.14. The van der Waals surface area contributed by atoms with Crippen molar-refractivity contribution < 1.29 is 13.5 Å². The first-order valence-electron chi connectivity index (χ1n) is 5.18. The maximum absolute atomic E-state index is 13.3. The molecule has 1 aliphatic carbocycles. The van der Waals surface area contributed by atoms with Crippen LogP contribution in [0.25, 0.3) is 0 Å². The molecule has 1 aliphatic heterocycles. The van der Waals surface area contributed by atoms with Crippen molar-refractivity contribution in [3.63, 3.8) is 0 Å². The number of hydrogen-bond donors (Lipinski definition) is 0. The molecule has 2 aliphatic rings. The van der Waals surface area contributed by atoms with E-state index in [0.717, 1.165) is 19.4 Å². The standard InChI is InChI=1S/C10H16F2O/c11-10(12)6-2-1-3-8(10)4-5-9-7-13-9/h8-9H,1-7H2. The minimum absolute atomic E-state index is 0.100. The Balaban J connectivity index is 1.79. The molecule has 1 heterocycles. The number of rotatable bonds is 3. The molecule has 1 saturated heterocycles. The zero-order valence-corrected chi connectivity index (χ0v) is 7.77. The second-order valence-corrected chi connectivity index (χ2v) is 4.24. The molecule has 2 fully saturated rings. The molecule has 0 spiro atoms. The topological polar surface area (TPSA) is 12.5 Å². The fraction of sp³-hybridized carbons (Fsp3) is 1.00. The molecule has 76 valence electrons. The van der Waals surface area contributed by atoms with E-state index >= 15 is 0 Å². The van der Waals surface area contributed by atoms with Crippen molar-refractivity contribution in [2.24, 2.45) is 5.92 Å². The zero-order valence-electron chi connectivity index (χ0n) is 7.77. The maximum atomic E-state index is 13.3. The highest BCUT2D eigenvalue weighted by atomic mass is 19.3. The van der Waals surface area contributed by atoms with E-state index in [4.69, 9.17) is 4.74 Å². The van der Waals surface area contributed by atoms with Crippen LogP contribution in [-0.4, -0.2) is 18.6 Å². The maximum Gasteiger partial charge on any atom is 0.250 e. The van der Waals surface area contributed by atoms with Gasteiger partial charge in [-0.1, -0.05) is 6.42 Å². The first kappa shape index (κ1) is 9.38. The average molecular weight is 190 g/mol.